The van der Waals surface area contributed by atoms with E-state index in [1.165, 1.54) is 96.3 Å². The molecule has 9 nitrogen and oxygen atoms in total. The number of carbonyl (C=O) groups is 2. The predicted octanol–water partition coefficient (Wildman–Crippen LogP) is 11.3. The first-order valence-electron chi connectivity index (χ1n) is 21.1. The molecule has 10 heteroatoms. The Hall–Kier alpha value is -1.87. The van der Waals surface area contributed by atoms with Crippen LogP contribution in [0.3, 0.4) is 0 Å². The van der Waals surface area contributed by atoms with Crippen LogP contribution in [0.1, 0.15) is 181 Å². The molecular weight excluding hydrogens is 689 g/mol. The van der Waals surface area contributed by atoms with Gasteiger partial charge in [0.1, 0.15) is 12.2 Å². The highest BCUT2D eigenvalue weighted by molar-refractivity contribution is 7.47. The van der Waals surface area contributed by atoms with Crippen LogP contribution in [0.5, 0.6) is 0 Å². The normalized spacial score (nSPS) is 14.5. The van der Waals surface area contributed by atoms with Crippen LogP contribution in [-0.4, -0.2) is 53.7 Å². The van der Waals surface area contributed by atoms with Gasteiger partial charge in [0.05, 0.1) is 13.2 Å². The number of Topliss-reactive ketones (excluding diaryl/α,β-unsaturated/α-hetero) is 1. The summed E-state index contributed by atoms with van der Waals surface area (Å²) in [6.07, 6.45) is 42.3. The molecule has 0 radical (unpaired) electrons. The number of esters is 1. The van der Waals surface area contributed by atoms with Crippen LogP contribution in [0.15, 0.2) is 48.6 Å². The molecule has 0 heterocycles. The standard InChI is InChI=1S/C43H78NO8P/c1-3-5-7-9-11-13-15-17-19-20-22-24-26-28-30-32-34-36-43(47)51-40(38-45)39-50-53(48,49)52-42(37-44)41(46)35-33-31-29-27-25-23-21-18-16-14-12-10-8-6-4-2/h11,13,17,19,22,24,28,30,40,42,45H,3-10,12,14-16,18,20-21,23,25-27,29,31-39,44H2,1-2H3,(H,48,49)/t40-,42?/m1/s1. The second kappa shape index (κ2) is 38.4. The summed E-state index contributed by atoms with van der Waals surface area (Å²) in [6, 6.07) is 0. The SMILES string of the molecule is CCCCCC=CCC=CCC=CCC=CCCCC(=O)O[C@H](CO)COP(=O)(O)OC(CN)C(=O)CCCCCCCCCCCCCCCCC. The second-order valence-corrected chi connectivity index (χ2v) is 15.4. The molecule has 0 saturated carbocycles. The van der Waals surface area contributed by atoms with Gasteiger partial charge in [-0.2, -0.15) is 0 Å². The quantitative estimate of drug-likeness (QED) is 0.0241. The van der Waals surface area contributed by atoms with Gasteiger partial charge in [-0.05, 0) is 51.4 Å². The van der Waals surface area contributed by atoms with Crippen molar-refractivity contribution in [2.24, 2.45) is 5.73 Å². The Labute approximate surface area is 323 Å². The second-order valence-electron chi connectivity index (χ2n) is 14.0. The molecule has 0 aromatic heterocycles. The molecule has 0 saturated heterocycles. The topological polar surface area (TPSA) is 145 Å². The third-order valence-electron chi connectivity index (χ3n) is 8.99. The van der Waals surface area contributed by atoms with E-state index in [9.17, 15) is 24.2 Å². The van der Waals surface area contributed by atoms with Gasteiger partial charge in [0.15, 0.2) is 5.78 Å². The average Bonchev–Trinajstić information content (AvgIpc) is 3.15. The highest BCUT2D eigenvalue weighted by Gasteiger charge is 2.31. The van der Waals surface area contributed by atoms with Gasteiger partial charge in [-0.25, -0.2) is 4.57 Å². The fourth-order valence-corrected chi connectivity index (χ4v) is 6.67. The highest BCUT2D eigenvalue weighted by Crippen LogP contribution is 2.45. The molecule has 0 rings (SSSR count). The summed E-state index contributed by atoms with van der Waals surface area (Å²) < 4.78 is 27.7. The molecule has 53 heavy (non-hydrogen) atoms. The number of hydrogen-bond acceptors (Lipinski definition) is 8. The third kappa shape index (κ3) is 35.6. The minimum absolute atomic E-state index is 0.130. The maximum Gasteiger partial charge on any atom is 0.473 e. The van der Waals surface area contributed by atoms with Gasteiger partial charge in [0, 0.05) is 19.4 Å². The van der Waals surface area contributed by atoms with E-state index in [0.29, 0.717) is 19.3 Å². The molecule has 308 valence electrons. The molecule has 0 aliphatic rings. The third-order valence-corrected chi connectivity index (χ3v) is 9.99. The molecule has 0 aliphatic heterocycles. The summed E-state index contributed by atoms with van der Waals surface area (Å²) >= 11 is 0. The Morgan fingerprint density at radius 1 is 0.623 bits per heavy atom. The number of phosphoric acid groups is 1. The molecule has 2 unspecified atom stereocenters. The van der Waals surface area contributed by atoms with Crippen molar-refractivity contribution in [1.29, 1.82) is 0 Å². The molecule has 0 bridgehead atoms. The lowest BCUT2D eigenvalue weighted by Crippen LogP contribution is -2.32. The average molecular weight is 768 g/mol. The fraction of sp³-hybridized carbons (Fsp3) is 0.767. The zero-order chi connectivity index (χ0) is 39.1. The van der Waals surface area contributed by atoms with Crippen LogP contribution in [0, 0.1) is 0 Å². The van der Waals surface area contributed by atoms with Gasteiger partial charge in [0.2, 0.25) is 0 Å². The van der Waals surface area contributed by atoms with Gasteiger partial charge in [-0.1, -0.05) is 165 Å². The summed E-state index contributed by atoms with van der Waals surface area (Å²) in [5.74, 6) is -0.893. The smallest absolute Gasteiger partial charge is 0.457 e. The van der Waals surface area contributed by atoms with Gasteiger partial charge in [-0.15, -0.1) is 0 Å². The summed E-state index contributed by atoms with van der Waals surface area (Å²) in [4.78, 5) is 35.0. The van der Waals surface area contributed by atoms with Crippen LogP contribution in [0.2, 0.25) is 0 Å². The minimum Gasteiger partial charge on any atom is -0.457 e. The van der Waals surface area contributed by atoms with E-state index in [-0.39, 0.29) is 25.2 Å². The molecule has 0 fully saturated rings. The molecule has 0 amide bonds. The van der Waals surface area contributed by atoms with Crippen LogP contribution < -0.4 is 5.73 Å². The van der Waals surface area contributed by atoms with E-state index in [1.807, 2.05) is 12.2 Å². The Kier molecular flexibility index (Phi) is 37.1. The van der Waals surface area contributed by atoms with Gasteiger partial charge < -0.3 is 20.5 Å². The number of aliphatic hydroxyl groups is 1. The van der Waals surface area contributed by atoms with Crippen molar-refractivity contribution < 1.29 is 37.9 Å². The minimum atomic E-state index is -4.68. The number of unbranched alkanes of at least 4 members (excludes halogenated alkanes) is 18. The lowest BCUT2D eigenvalue weighted by Gasteiger charge is -2.21. The maximum absolute atomic E-state index is 12.6. The van der Waals surface area contributed by atoms with Crippen LogP contribution in [0.25, 0.3) is 0 Å². The number of carbonyl (C=O) groups excluding carboxylic acids is 2. The van der Waals surface area contributed by atoms with E-state index in [1.54, 1.807) is 0 Å². The summed E-state index contributed by atoms with van der Waals surface area (Å²) in [5, 5.41) is 9.60. The Bertz CT molecular complexity index is 1030. The monoisotopic (exact) mass is 768 g/mol. The number of ether oxygens (including phenoxy) is 1. The molecule has 0 spiro atoms. The fourth-order valence-electron chi connectivity index (χ4n) is 5.73. The van der Waals surface area contributed by atoms with Crippen molar-refractivity contribution in [1.82, 2.24) is 0 Å². The summed E-state index contributed by atoms with van der Waals surface area (Å²) in [5.41, 5.74) is 5.67. The molecule has 0 aliphatic carbocycles. The van der Waals surface area contributed by atoms with Crippen molar-refractivity contribution in [2.45, 2.75) is 193 Å². The van der Waals surface area contributed by atoms with Crippen LogP contribution in [0.4, 0.5) is 0 Å². The zero-order valence-corrected chi connectivity index (χ0v) is 34.5. The van der Waals surface area contributed by atoms with E-state index in [0.717, 1.165) is 38.5 Å². The number of rotatable bonds is 39. The van der Waals surface area contributed by atoms with Gasteiger partial charge in [0.25, 0.3) is 0 Å². The number of nitrogens with two attached hydrogens (primary N) is 1. The number of hydrogen-bond donors (Lipinski definition) is 3. The molecule has 0 aromatic rings. The molecular formula is C43H78NO8P. The van der Waals surface area contributed by atoms with E-state index < -0.39 is 39.2 Å². The Balaban J connectivity index is 4.06. The Morgan fingerprint density at radius 2 is 1.06 bits per heavy atom. The van der Waals surface area contributed by atoms with Crippen LogP contribution in [-0.2, 0) is 27.9 Å². The molecule has 0 aromatic carbocycles. The first kappa shape index (κ1) is 51.1. The number of ketones is 1. The molecule has 3 atom stereocenters. The van der Waals surface area contributed by atoms with E-state index in [4.69, 9.17) is 19.5 Å². The van der Waals surface area contributed by atoms with Crippen molar-refractivity contribution in [3.8, 4) is 0 Å². The van der Waals surface area contributed by atoms with Crippen molar-refractivity contribution in [3.05, 3.63) is 48.6 Å². The van der Waals surface area contributed by atoms with Gasteiger partial charge in [-0.3, -0.25) is 18.6 Å². The van der Waals surface area contributed by atoms with Crippen molar-refractivity contribution >= 4 is 19.6 Å². The van der Waals surface area contributed by atoms with E-state index >= 15 is 0 Å². The van der Waals surface area contributed by atoms with Crippen molar-refractivity contribution in [3.63, 3.8) is 0 Å². The molecule has 4 N–H and O–H groups in total. The van der Waals surface area contributed by atoms with Crippen LogP contribution >= 0.6 is 7.82 Å². The Morgan fingerprint density at radius 3 is 1.53 bits per heavy atom. The number of allylic oxidation sites excluding steroid dienone is 8. The van der Waals surface area contributed by atoms with Gasteiger partial charge >= 0.3 is 13.8 Å². The maximum atomic E-state index is 12.6. The summed E-state index contributed by atoms with van der Waals surface area (Å²) in [7, 11) is -4.68. The highest BCUT2D eigenvalue weighted by atomic mass is 31.2. The number of aliphatic hydroxyl groups excluding tert-OH is 1. The largest absolute Gasteiger partial charge is 0.473 e. The zero-order valence-electron chi connectivity index (χ0n) is 33.6. The first-order chi connectivity index (χ1) is 25.8. The van der Waals surface area contributed by atoms with Crippen molar-refractivity contribution in [2.75, 3.05) is 19.8 Å². The predicted molar refractivity (Wildman–Crippen MR) is 220 cm³/mol. The lowest BCUT2D eigenvalue weighted by molar-refractivity contribution is -0.153. The van der Waals surface area contributed by atoms with E-state index in [2.05, 4.69) is 50.3 Å². The lowest BCUT2D eigenvalue weighted by atomic mass is 10.0. The first-order valence-corrected chi connectivity index (χ1v) is 22.6. The summed E-state index contributed by atoms with van der Waals surface area (Å²) in [6.45, 7) is 3.05. The number of phosphoric ester groups is 1.